The van der Waals surface area contributed by atoms with Crippen molar-refractivity contribution in [3.63, 3.8) is 0 Å². The van der Waals surface area contributed by atoms with Crippen LogP contribution in [0.2, 0.25) is 5.02 Å². The third kappa shape index (κ3) is 1.94. The molecule has 0 aliphatic carbocycles. The molecule has 3 nitrogen and oxygen atoms in total. The predicted octanol–water partition coefficient (Wildman–Crippen LogP) is 3.68. The van der Waals surface area contributed by atoms with Gasteiger partial charge in [0.05, 0.1) is 0 Å². The number of anilines is 1. The SMILES string of the molecule is Cc1ccc(-c2nc3ccc(F)cn3c2N)cc1Cl. The molecular weight excluding hydrogens is 265 g/mol. The zero-order chi connectivity index (χ0) is 13.6. The van der Waals surface area contributed by atoms with E-state index in [9.17, 15) is 4.39 Å². The maximum Gasteiger partial charge on any atom is 0.140 e. The van der Waals surface area contributed by atoms with E-state index in [0.29, 0.717) is 22.2 Å². The monoisotopic (exact) mass is 275 g/mol. The average molecular weight is 276 g/mol. The first-order chi connectivity index (χ1) is 9.06. The Kier molecular flexibility index (Phi) is 2.68. The topological polar surface area (TPSA) is 43.3 Å². The summed E-state index contributed by atoms with van der Waals surface area (Å²) in [5.74, 6) is 0.0412. The number of pyridine rings is 1. The maximum atomic E-state index is 13.2. The highest BCUT2D eigenvalue weighted by Gasteiger charge is 2.12. The predicted molar refractivity (Wildman–Crippen MR) is 74.7 cm³/mol. The van der Waals surface area contributed by atoms with Crippen LogP contribution in [0.4, 0.5) is 10.2 Å². The molecule has 3 aromatic rings. The van der Waals surface area contributed by atoms with Gasteiger partial charge < -0.3 is 5.73 Å². The van der Waals surface area contributed by atoms with Gasteiger partial charge in [-0.3, -0.25) is 4.40 Å². The number of nitrogens with two attached hydrogens (primary N) is 1. The summed E-state index contributed by atoms with van der Waals surface area (Å²) in [7, 11) is 0. The number of imidazole rings is 1. The fraction of sp³-hybridized carbons (Fsp3) is 0.0714. The van der Waals surface area contributed by atoms with E-state index in [1.54, 1.807) is 6.07 Å². The Morgan fingerprint density at radius 1 is 1.26 bits per heavy atom. The van der Waals surface area contributed by atoms with Gasteiger partial charge in [-0.1, -0.05) is 23.7 Å². The van der Waals surface area contributed by atoms with Crippen LogP contribution in [0.5, 0.6) is 0 Å². The minimum absolute atomic E-state index is 0.356. The van der Waals surface area contributed by atoms with Crippen LogP contribution in [-0.4, -0.2) is 9.38 Å². The van der Waals surface area contributed by atoms with E-state index in [0.717, 1.165) is 11.1 Å². The first kappa shape index (κ1) is 12.0. The van der Waals surface area contributed by atoms with Gasteiger partial charge in [0.15, 0.2) is 0 Å². The third-order valence-electron chi connectivity index (χ3n) is 3.06. The van der Waals surface area contributed by atoms with Gasteiger partial charge in [-0.05, 0) is 30.7 Å². The van der Waals surface area contributed by atoms with Gasteiger partial charge in [0.1, 0.15) is 23.0 Å². The fourth-order valence-electron chi connectivity index (χ4n) is 1.99. The minimum atomic E-state index is -0.356. The molecule has 0 aliphatic rings. The number of benzene rings is 1. The molecule has 96 valence electrons. The summed E-state index contributed by atoms with van der Waals surface area (Å²) in [5.41, 5.74) is 9.03. The lowest BCUT2D eigenvalue weighted by Gasteiger charge is -2.02. The number of aryl methyl sites for hydroxylation is 1. The minimum Gasteiger partial charge on any atom is -0.383 e. The molecule has 0 radical (unpaired) electrons. The van der Waals surface area contributed by atoms with Crippen molar-refractivity contribution in [1.82, 2.24) is 9.38 Å². The molecule has 0 fully saturated rings. The molecule has 19 heavy (non-hydrogen) atoms. The van der Waals surface area contributed by atoms with Crippen molar-refractivity contribution in [2.75, 3.05) is 5.73 Å². The quantitative estimate of drug-likeness (QED) is 0.736. The molecule has 2 aromatic heterocycles. The summed E-state index contributed by atoms with van der Waals surface area (Å²) >= 11 is 6.10. The van der Waals surface area contributed by atoms with Crippen LogP contribution < -0.4 is 5.73 Å². The normalized spacial score (nSPS) is 11.1. The van der Waals surface area contributed by atoms with Crippen molar-refractivity contribution < 1.29 is 4.39 Å². The average Bonchev–Trinajstić information content (AvgIpc) is 2.70. The molecule has 0 saturated carbocycles. The van der Waals surface area contributed by atoms with E-state index < -0.39 is 0 Å². The Balaban J connectivity index is 2.24. The molecule has 0 aliphatic heterocycles. The Hall–Kier alpha value is -2.07. The fourth-order valence-corrected chi connectivity index (χ4v) is 2.17. The number of fused-ring (bicyclic) bond motifs is 1. The molecule has 0 unspecified atom stereocenters. The van der Waals surface area contributed by atoms with Crippen LogP contribution in [0, 0.1) is 12.7 Å². The number of halogens is 2. The van der Waals surface area contributed by atoms with Crippen LogP contribution in [-0.2, 0) is 0 Å². The van der Waals surface area contributed by atoms with E-state index >= 15 is 0 Å². The Morgan fingerprint density at radius 2 is 2.05 bits per heavy atom. The molecule has 0 atom stereocenters. The van der Waals surface area contributed by atoms with Crippen molar-refractivity contribution >= 4 is 23.1 Å². The van der Waals surface area contributed by atoms with Gasteiger partial charge in [-0.25, -0.2) is 9.37 Å². The molecule has 5 heteroatoms. The summed E-state index contributed by atoms with van der Waals surface area (Å²) in [5, 5.41) is 0.653. The summed E-state index contributed by atoms with van der Waals surface area (Å²) in [6, 6.07) is 8.56. The van der Waals surface area contributed by atoms with Crippen molar-refractivity contribution in [3.05, 3.63) is 52.9 Å². The van der Waals surface area contributed by atoms with Crippen molar-refractivity contribution in [3.8, 4) is 11.3 Å². The lowest BCUT2D eigenvalue weighted by atomic mass is 10.1. The van der Waals surface area contributed by atoms with Crippen LogP contribution >= 0.6 is 11.6 Å². The van der Waals surface area contributed by atoms with Crippen LogP contribution in [0.15, 0.2) is 36.5 Å². The highest BCUT2D eigenvalue weighted by Crippen LogP contribution is 2.29. The second-order valence-electron chi connectivity index (χ2n) is 4.39. The van der Waals surface area contributed by atoms with Gasteiger partial charge >= 0.3 is 0 Å². The molecule has 1 aromatic carbocycles. The van der Waals surface area contributed by atoms with E-state index in [-0.39, 0.29) is 5.82 Å². The summed E-state index contributed by atoms with van der Waals surface area (Å²) < 4.78 is 14.7. The molecule has 2 N–H and O–H groups in total. The molecule has 0 spiro atoms. The van der Waals surface area contributed by atoms with Crippen molar-refractivity contribution in [2.45, 2.75) is 6.92 Å². The van der Waals surface area contributed by atoms with Crippen LogP contribution in [0.25, 0.3) is 16.9 Å². The number of hydrogen-bond acceptors (Lipinski definition) is 2. The zero-order valence-corrected chi connectivity index (χ0v) is 10.9. The molecule has 3 rings (SSSR count). The Bertz CT molecular complexity index is 780. The summed E-state index contributed by atoms with van der Waals surface area (Å²) in [6.07, 6.45) is 1.32. The maximum absolute atomic E-state index is 13.2. The van der Waals surface area contributed by atoms with Gasteiger partial charge in [-0.15, -0.1) is 0 Å². The van der Waals surface area contributed by atoms with E-state index in [1.807, 2.05) is 25.1 Å². The largest absolute Gasteiger partial charge is 0.383 e. The van der Waals surface area contributed by atoms with Crippen LogP contribution in [0.3, 0.4) is 0 Å². The number of nitrogen functional groups attached to an aromatic ring is 1. The molecule has 2 heterocycles. The second kappa shape index (κ2) is 4.24. The van der Waals surface area contributed by atoms with Gasteiger partial charge in [-0.2, -0.15) is 0 Å². The summed E-state index contributed by atoms with van der Waals surface area (Å²) in [6.45, 7) is 1.93. The first-order valence-corrected chi connectivity index (χ1v) is 6.13. The van der Waals surface area contributed by atoms with E-state index in [1.165, 1.54) is 16.7 Å². The molecule has 0 saturated heterocycles. The van der Waals surface area contributed by atoms with Gasteiger partial charge in [0.25, 0.3) is 0 Å². The molecule has 0 bridgehead atoms. The van der Waals surface area contributed by atoms with E-state index in [4.69, 9.17) is 17.3 Å². The van der Waals surface area contributed by atoms with Gasteiger partial charge in [0, 0.05) is 16.8 Å². The molecular formula is C14H11ClFN3. The number of rotatable bonds is 1. The smallest absolute Gasteiger partial charge is 0.140 e. The zero-order valence-electron chi connectivity index (χ0n) is 10.2. The highest BCUT2D eigenvalue weighted by molar-refractivity contribution is 6.31. The standard InChI is InChI=1S/C14H11ClFN3/c1-8-2-3-9(6-11(8)15)13-14(17)19-7-10(16)4-5-12(19)18-13/h2-7H,17H2,1H3. The highest BCUT2D eigenvalue weighted by atomic mass is 35.5. The third-order valence-corrected chi connectivity index (χ3v) is 3.47. The van der Waals surface area contributed by atoms with E-state index in [2.05, 4.69) is 4.98 Å². The second-order valence-corrected chi connectivity index (χ2v) is 4.79. The van der Waals surface area contributed by atoms with Crippen molar-refractivity contribution in [1.29, 1.82) is 0 Å². The number of aromatic nitrogens is 2. The number of nitrogens with zero attached hydrogens (tertiary/aromatic N) is 2. The van der Waals surface area contributed by atoms with Crippen LogP contribution in [0.1, 0.15) is 5.56 Å². The lowest BCUT2D eigenvalue weighted by Crippen LogP contribution is -1.95. The number of hydrogen-bond donors (Lipinski definition) is 1. The van der Waals surface area contributed by atoms with Gasteiger partial charge in [0.2, 0.25) is 0 Å². The summed E-state index contributed by atoms with van der Waals surface area (Å²) in [4.78, 5) is 4.41. The lowest BCUT2D eigenvalue weighted by molar-refractivity contribution is 0.619. The molecule has 0 amide bonds. The Morgan fingerprint density at radius 3 is 2.79 bits per heavy atom. The first-order valence-electron chi connectivity index (χ1n) is 5.76. The Labute approximate surface area is 114 Å². The van der Waals surface area contributed by atoms with Crippen molar-refractivity contribution in [2.24, 2.45) is 0 Å².